The molecule has 2 N–H and O–H groups in total. The Balaban J connectivity index is 1.98. The number of hydrogen-bond acceptors (Lipinski definition) is 3. The number of likely N-dealkylation sites (tertiary alicyclic amines) is 1. The average molecular weight is 263 g/mol. The molecule has 0 saturated carbocycles. The van der Waals surface area contributed by atoms with E-state index in [4.69, 9.17) is 5.11 Å². The van der Waals surface area contributed by atoms with Gasteiger partial charge in [-0.05, 0) is 18.1 Å². The minimum Gasteiger partial charge on any atom is -0.392 e. The van der Waals surface area contributed by atoms with Crippen LogP contribution < -0.4 is 0 Å². The highest BCUT2D eigenvalue weighted by molar-refractivity contribution is 5.79. The van der Waals surface area contributed by atoms with E-state index in [-0.39, 0.29) is 18.4 Å². The number of carbonyl (C=O) groups is 1. The van der Waals surface area contributed by atoms with Crippen LogP contribution in [0.25, 0.3) is 0 Å². The standard InChI is InChI=1S/C15H21NO3/c1-11-8-16(10-15(11,2)19)14(18)7-12-3-5-13(9-17)6-4-12/h3-6,11,17,19H,7-10H2,1-2H3/t11-,15+/m1/s1. The molecular weight excluding hydrogens is 242 g/mol. The lowest BCUT2D eigenvalue weighted by Crippen LogP contribution is -2.35. The second-order valence-electron chi connectivity index (χ2n) is 5.68. The molecule has 1 saturated heterocycles. The maximum Gasteiger partial charge on any atom is 0.227 e. The second-order valence-corrected chi connectivity index (χ2v) is 5.68. The van der Waals surface area contributed by atoms with Gasteiger partial charge in [-0.3, -0.25) is 4.79 Å². The number of β-amino-alcohol motifs (C(OH)–C–C–N with tert-alkyl or cyclic N) is 1. The maximum atomic E-state index is 12.2. The van der Waals surface area contributed by atoms with E-state index in [1.54, 1.807) is 11.8 Å². The molecule has 0 aromatic heterocycles. The number of carbonyl (C=O) groups excluding carboxylic acids is 1. The van der Waals surface area contributed by atoms with E-state index in [9.17, 15) is 9.90 Å². The highest BCUT2D eigenvalue weighted by Crippen LogP contribution is 2.27. The van der Waals surface area contributed by atoms with E-state index in [2.05, 4.69) is 0 Å². The van der Waals surface area contributed by atoms with Gasteiger partial charge >= 0.3 is 0 Å². The lowest BCUT2D eigenvalue weighted by Gasteiger charge is -2.20. The van der Waals surface area contributed by atoms with Gasteiger partial charge in [0.25, 0.3) is 0 Å². The molecule has 1 aromatic carbocycles. The first-order valence-electron chi connectivity index (χ1n) is 6.61. The zero-order valence-corrected chi connectivity index (χ0v) is 11.5. The topological polar surface area (TPSA) is 60.8 Å². The fraction of sp³-hybridized carbons (Fsp3) is 0.533. The Kier molecular flexibility index (Phi) is 3.92. The third-order valence-corrected chi connectivity index (χ3v) is 3.98. The molecule has 4 nitrogen and oxygen atoms in total. The summed E-state index contributed by atoms with van der Waals surface area (Å²) >= 11 is 0. The van der Waals surface area contributed by atoms with Gasteiger partial charge in [0, 0.05) is 19.0 Å². The van der Waals surface area contributed by atoms with Crippen molar-refractivity contribution in [2.75, 3.05) is 13.1 Å². The van der Waals surface area contributed by atoms with Crippen molar-refractivity contribution in [1.82, 2.24) is 4.90 Å². The molecule has 104 valence electrons. The third-order valence-electron chi connectivity index (χ3n) is 3.98. The van der Waals surface area contributed by atoms with Crippen LogP contribution in [0.2, 0.25) is 0 Å². The van der Waals surface area contributed by atoms with Crippen molar-refractivity contribution in [1.29, 1.82) is 0 Å². The van der Waals surface area contributed by atoms with Gasteiger partial charge in [0.05, 0.1) is 18.6 Å². The van der Waals surface area contributed by atoms with Gasteiger partial charge in [-0.2, -0.15) is 0 Å². The number of aliphatic hydroxyl groups excluding tert-OH is 1. The number of rotatable bonds is 3. The van der Waals surface area contributed by atoms with Gasteiger partial charge in [0.1, 0.15) is 0 Å². The minimum absolute atomic E-state index is 0.0146. The van der Waals surface area contributed by atoms with Crippen molar-refractivity contribution < 1.29 is 15.0 Å². The molecule has 1 aromatic rings. The molecule has 1 heterocycles. The molecular formula is C15H21NO3. The number of benzene rings is 1. The Hall–Kier alpha value is -1.39. The molecule has 4 heteroatoms. The summed E-state index contributed by atoms with van der Waals surface area (Å²) in [6.45, 7) is 4.77. The Morgan fingerprint density at radius 3 is 2.42 bits per heavy atom. The molecule has 1 amide bonds. The normalized spacial score (nSPS) is 26.7. The molecule has 1 aliphatic heterocycles. The number of hydrogen-bond donors (Lipinski definition) is 2. The van der Waals surface area contributed by atoms with E-state index in [0.717, 1.165) is 11.1 Å². The number of nitrogens with zero attached hydrogens (tertiary/aromatic N) is 1. The fourth-order valence-corrected chi connectivity index (χ4v) is 2.37. The van der Waals surface area contributed by atoms with Gasteiger partial charge in [-0.25, -0.2) is 0 Å². The van der Waals surface area contributed by atoms with Crippen LogP contribution in [0, 0.1) is 5.92 Å². The van der Waals surface area contributed by atoms with Crippen LogP contribution in [0.1, 0.15) is 25.0 Å². The lowest BCUT2D eigenvalue weighted by atomic mass is 9.95. The first kappa shape index (κ1) is 14.0. The molecule has 2 atom stereocenters. The monoisotopic (exact) mass is 263 g/mol. The van der Waals surface area contributed by atoms with Crippen LogP contribution in [0.4, 0.5) is 0 Å². The average Bonchev–Trinajstić information content (AvgIpc) is 2.65. The number of amides is 1. The van der Waals surface area contributed by atoms with Gasteiger partial charge < -0.3 is 15.1 Å². The lowest BCUT2D eigenvalue weighted by molar-refractivity contribution is -0.130. The van der Waals surface area contributed by atoms with Gasteiger partial charge in [-0.15, -0.1) is 0 Å². The zero-order chi connectivity index (χ0) is 14.0. The van der Waals surface area contributed by atoms with Crippen molar-refractivity contribution in [3.05, 3.63) is 35.4 Å². The summed E-state index contributed by atoms with van der Waals surface area (Å²) in [5.41, 5.74) is 0.992. The molecule has 0 aliphatic carbocycles. The van der Waals surface area contributed by atoms with Crippen molar-refractivity contribution >= 4 is 5.91 Å². The third kappa shape index (κ3) is 3.14. The number of aliphatic hydroxyl groups is 2. The first-order chi connectivity index (χ1) is 8.92. The Labute approximate surface area is 113 Å². The van der Waals surface area contributed by atoms with Crippen molar-refractivity contribution in [3.63, 3.8) is 0 Å². The van der Waals surface area contributed by atoms with E-state index in [1.165, 1.54) is 0 Å². The molecule has 1 aliphatic rings. The molecule has 0 radical (unpaired) electrons. The molecule has 2 rings (SSSR count). The maximum absolute atomic E-state index is 12.2. The molecule has 19 heavy (non-hydrogen) atoms. The minimum atomic E-state index is -0.781. The zero-order valence-electron chi connectivity index (χ0n) is 11.5. The second kappa shape index (κ2) is 5.31. The molecule has 0 unspecified atom stereocenters. The van der Waals surface area contributed by atoms with Crippen LogP contribution >= 0.6 is 0 Å². The van der Waals surface area contributed by atoms with Crippen molar-refractivity contribution in [2.24, 2.45) is 5.92 Å². The van der Waals surface area contributed by atoms with Crippen molar-refractivity contribution in [3.8, 4) is 0 Å². The molecule has 1 fully saturated rings. The predicted octanol–water partition coefficient (Wildman–Crippen LogP) is 0.951. The van der Waals surface area contributed by atoms with E-state index in [1.807, 2.05) is 31.2 Å². The SMILES string of the molecule is C[C@@H]1CN(C(=O)Cc2ccc(CO)cc2)C[C@]1(C)O. The first-order valence-corrected chi connectivity index (χ1v) is 6.61. The van der Waals surface area contributed by atoms with Crippen LogP contribution in [0.3, 0.4) is 0 Å². The summed E-state index contributed by atoms with van der Waals surface area (Å²) in [6.07, 6.45) is 0.342. The summed E-state index contributed by atoms with van der Waals surface area (Å²) < 4.78 is 0. The Morgan fingerprint density at radius 2 is 1.95 bits per heavy atom. The van der Waals surface area contributed by atoms with E-state index < -0.39 is 5.60 Å². The fourth-order valence-electron chi connectivity index (χ4n) is 2.37. The van der Waals surface area contributed by atoms with Crippen molar-refractivity contribution in [2.45, 2.75) is 32.5 Å². The van der Waals surface area contributed by atoms with Crippen LogP contribution in [0.5, 0.6) is 0 Å². The van der Waals surface area contributed by atoms with E-state index >= 15 is 0 Å². The van der Waals surface area contributed by atoms with Crippen LogP contribution in [-0.4, -0.2) is 39.7 Å². The summed E-state index contributed by atoms with van der Waals surface area (Å²) in [5.74, 6) is 0.148. The largest absolute Gasteiger partial charge is 0.392 e. The van der Waals surface area contributed by atoms with Gasteiger partial charge in [0.15, 0.2) is 0 Å². The van der Waals surface area contributed by atoms with Crippen LogP contribution in [-0.2, 0) is 17.8 Å². The quantitative estimate of drug-likeness (QED) is 0.853. The molecule has 0 bridgehead atoms. The Morgan fingerprint density at radius 1 is 1.37 bits per heavy atom. The van der Waals surface area contributed by atoms with E-state index in [0.29, 0.717) is 19.5 Å². The summed E-state index contributed by atoms with van der Waals surface area (Å²) in [4.78, 5) is 13.9. The highest BCUT2D eigenvalue weighted by Gasteiger charge is 2.40. The highest BCUT2D eigenvalue weighted by atomic mass is 16.3. The van der Waals surface area contributed by atoms with Gasteiger partial charge in [-0.1, -0.05) is 31.2 Å². The summed E-state index contributed by atoms with van der Waals surface area (Å²) in [6, 6.07) is 7.37. The smallest absolute Gasteiger partial charge is 0.227 e. The molecule has 0 spiro atoms. The summed E-state index contributed by atoms with van der Waals surface area (Å²) in [5, 5.41) is 19.1. The predicted molar refractivity (Wildman–Crippen MR) is 72.4 cm³/mol. The summed E-state index contributed by atoms with van der Waals surface area (Å²) in [7, 11) is 0. The van der Waals surface area contributed by atoms with Gasteiger partial charge in [0.2, 0.25) is 5.91 Å². The van der Waals surface area contributed by atoms with Crippen LogP contribution in [0.15, 0.2) is 24.3 Å². The Bertz CT molecular complexity index is 453.